The first-order chi connectivity index (χ1) is 13.6. The van der Waals surface area contributed by atoms with Crippen molar-refractivity contribution in [3.8, 4) is 11.5 Å². The van der Waals surface area contributed by atoms with E-state index in [2.05, 4.69) is 64.9 Å². The van der Waals surface area contributed by atoms with E-state index in [0.29, 0.717) is 5.92 Å². The van der Waals surface area contributed by atoms with Gasteiger partial charge in [-0.15, -0.1) is 0 Å². The maximum atomic E-state index is 4.88. The van der Waals surface area contributed by atoms with Crippen LogP contribution >= 0.6 is 0 Å². The fraction of sp³-hybridized carbons (Fsp3) is 0.478. The van der Waals surface area contributed by atoms with E-state index >= 15 is 0 Å². The molecule has 0 saturated carbocycles. The van der Waals surface area contributed by atoms with Gasteiger partial charge in [0.25, 0.3) is 0 Å². The van der Waals surface area contributed by atoms with Crippen LogP contribution in [-0.2, 0) is 31.5 Å². The number of hydrogen-bond donors (Lipinski definition) is 1. The number of benzene rings is 1. The summed E-state index contributed by atoms with van der Waals surface area (Å²) in [5, 5.41) is 8.36. The second kappa shape index (κ2) is 6.89. The van der Waals surface area contributed by atoms with Crippen molar-refractivity contribution < 1.29 is 0 Å². The zero-order valence-electron chi connectivity index (χ0n) is 16.9. The summed E-state index contributed by atoms with van der Waals surface area (Å²) in [4.78, 5) is 4.70. The van der Waals surface area contributed by atoms with Gasteiger partial charge >= 0.3 is 0 Å². The lowest BCUT2D eigenvalue weighted by Gasteiger charge is -2.31. The molecule has 3 aromatic rings. The molecule has 28 heavy (non-hydrogen) atoms. The van der Waals surface area contributed by atoms with Crippen molar-refractivity contribution in [3.63, 3.8) is 0 Å². The lowest BCUT2D eigenvalue weighted by Crippen LogP contribution is -2.29. The highest BCUT2D eigenvalue weighted by molar-refractivity contribution is 5.51. The number of rotatable bonds is 4. The largest absolute Gasteiger partial charge is 0.324 e. The van der Waals surface area contributed by atoms with Gasteiger partial charge in [-0.2, -0.15) is 5.10 Å². The van der Waals surface area contributed by atoms with Gasteiger partial charge in [-0.3, -0.25) is 4.68 Å². The Hall–Kier alpha value is -2.40. The van der Waals surface area contributed by atoms with Crippen LogP contribution in [0.4, 0.5) is 0 Å². The van der Waals surface area contributed by atoms with E-state index in [0.717, 1.165) is 44.0 Å². The number of aromatic nitrogens is 4. The second-order valence-corrected chi connectivity index (χ2v) is 8.95. The van der Waals surface area contributed by atoms with Crippen LogP contribution in [0.3, 0.4) is 0 Å². The van der Waals surface area contributed by atoms with Gasteiger partial charge in [0.05, 0.1) is 5.69 Å². The summed E-state index contributed by atoms with van der Waals surface area (Å²) in [6.07, 6.45) is 8.68. The summed E-state index contributed by atoms with van der Waals surface area (Å²) in [5.74, 6) is 1.67. The third-order valence-electron chi connectivity index (χ3n) is 6.34. The molecule has 0 bridgehead atoms. The molecule has 3 heterocycles. The van der Waals surface area contributed by atoms with Crippen molar-refractivity contribution in [2.45, 2.75) is 58.2 Å². The van der Waals surface area contributed by atoms with Crippen LogP contribution in [0.5, 0.6) is 0 Å². The Morgan fingerprint density at radius 2 is 1.96 bits per heavy atom. The van der Waals surface area contributed by atoms with Crippen LogP contribution in [0.2, 0.25) is 0 Å². The van der Waals surface area contributed by atoms with Crippen LogP contribution in [0.1, 0.15) is 43.5 Å². The average Bonchev–Trinajstić information content (AvgIpc) is 3.36. The van der Waals surface area contributed by atoms with Crippen molar-refractivity contribution in [2.75, 3.05) is 6.54 Å². The van der Waals surface area contributed by atoms with Gasteiger partial charge in [-0.1, -0.05) is 24.3 Å². The van der Waals surface area contributed by atoms with Gasteiger partial charge < -0.3 is 9.88 Å². The molecule has 1 aliphatic carbocycles. The zero-order chi connectivity index (χ0) is 19.1. The van der Waals surface area contributed by atoms with Gasteiger partial charge in [-0.25, -0.2) is 4.98 Å². The topological polar surface area (TPSA) is 47.7 Å². The molecular formula is C23H29N5. The summed E-state index contributed by atoms with van der Waals surface area (Å²) in [7, 11) is 0. The normalized spacial score (nSPS) is 17.4. The van der Waals surface area contributed by atoms with Crippen LogP contribution in [-0.4, -0.2) is 25.9 Å². The number of imidazole rings is 1. The molecule has 1 N–H and O–H groups in total. The van der Waals surface area contributed by atoms with Crippen LogP contribution < -0.4 is 5.32 Å². The second-order valence-electron chi connectivity index (χ2n) is 8.95. The van der Waals surface area contributed by atoms with Gasteiger partial charge in [0.2, 0.25) is 0 Å². The SMILES string of the molecule is CC(C)(CC1Cc2ccccc2C1)n1ccnc1-c1cc2n(n1)CCCNC2. The van der Waals surface area contributed by atoms with Crippen molar-refractivity contribution in [1.82, 2.24) is 24.6 Å². The predicted molar refractivity (Wildman–Crippen MR) is 111 cm³/mol. The predicted octanol–water partition coefficient (Wildman–Crippen LogP) is 3.78. The molecule has 0 saturated heterocycles. The van der Waals surface area contributed by atoms with Crippen LogP contribution in [0.25, 0.3) is 11.5 Å². The minimum absolute atomic E-state index is 0.00218. The van der Waals surface area contributed by atoms with Crippen LogP contribution in [0.15, 0.2) is 42.7 Å². The number of nitrogens with zero attached hydrogens (tertiary/aromatic N) is 4. The Morgan fingerprint density at radius 3 is 2.75 bits per heavy atom. The number of aryl methyl sites for hydroxylation is 1. The Labute approximate surface area is 166 Å². The lowest BCUT2D eigenvalue weighted by atomic mass is 9.88. The maximum Gasteiger partial charge on any atom is 0.161 e. The summed E-state index contributed by atoms with van der Waals surface area (Å²) < 4.78 is 4.49. The fourth-order valence-electron chi connectivity index (χ4n) is 5.05. The highest BCUT2D eigenvalue weighted by Crippen LogP contribution is 2.36. The van der Waals surface area contributed by atoms with E-state index in [9.17, 15) is 0 Å². The van der Waals surface area contributed by atoms with E-state index in [1.807, 2.05) is 6.20 Å². The number of fused-ring (bicyclic) bond motifs is 2. The van der Waals surface area contributed by atoms with E-state index in [-0.39, 0.29) is 5.54 Å². The minimum atomic E-state index is -0.00218. The molecule has 1 aliphatic heterocycles. The monoisotopic (exact) mass is 375 g/mol. The Balaban J connectivity index is 1.39. The van der Waals surface area contributed by atoms with Gasteiger partial charge in [0.15, 0.2) is 5.82 Å². The smallest absolute Gasteiger partial charge is 0.161 e. The molecule has 1 aromatic carbocycles. The maximum absolute atomic E-state index is 4.88. The Kier molecular flexibility index (Phi) is 4.35. The standard InChI is InChI=1S/C23H29N5/c1-23(2,15-17-12-18-6-3-4-7-19(18)13-17)27-11-9-25-22(27)21-14-20-16-24-8-5-10-28(20)26-21/h3-4,6-7,9,11,14,17,24H,5,8,10,12-13,15-16H2,1-2H3. The summed E-state index contributed by atoms with van der Waals surface area (Å²) in [6.45, 7) is 7.60. The average molecular weight is 376 g/mol. The number of hydrogen-bond acceptors (Lipinski definition) is 3. The van der Waals surface area contributed by atoms with Crippen molar-refractivity contribution in [1.29, 1.82) is 0 Å². The van der Waals surface area contributed by atoms with E-state index in [4.69, 9.17) is 10.1 Å². The molecule has 2 aromatic heterocycles. The molecule has 5 rings (SSSR count). The quantitative estimate of drug-likeness (QED) is 0.755. The molecule has 0 fully saturated rings. The Morgan fingerprint density at radius 1 is 1.18 bits per heavy atom. The van der Waals surface area contributed by atoms with Gasteiger partial charge in [0, 0.05) is 31.0 Å². The third kappa shape index (κ3) is 3.18. The van der Waals surface area contributed by atoms with E-state index < -0.39 is 0 Å². The first-order valence-corrected chi connectivity index (χ1v) is 10.5. The molecule has 2 aliphatic rings. The molecule has 146 valence electrons. The third-order valence-corrected chi connectivity index (χ3v) is 6.34. The Bertz CT molecular complexity index is 932. The lowest BCUT2D eigenvalue weighted by molar-refractivity contribution is 0.271. The molecule has 5 heteroatoms. The van der Waals surface area contributed by atoms with Crippen molar-refractivity contribution in [3.05, 3.63) is 59.5 Å². The molecule has 0 spiro atoms. The summed E-state index contributed by atoms with van der Waals surface area (Å²) in [5.41, 5.74) is 5.30. The molecule has 0 unspecified atom stereocenters. The molecule has 0 radical (unpaired) electrons. The zero-order valence-corrected chi connectivity index (χ0v) is 16.9. The van der Waals surface area contributed by atoms with Gasteiger partial charge in [-0.05, 0) is 69.2 Å². The van der Waals surface area contributed by atoms with Crippen molar-refractivity contribution >= 4 is 0 Å². The van der Waals surface area contributed by atoms with Crippen molar-refractivity contribution in [2.24, 2.45) is 5.92 Å². The minimum Gasteiger partial charge on any atom is -0.324 e. The number of nitrogens with one attached hydrogen (secondary N) is 1. The molecule has 0 atom stereocenters. The van der Waals surface area contributed by atoms with Gasteiger partial charge in [0.1, 0.15) is 5.69 Å². The molecular weight excluding hydrogens is 346 g/mol. The first-order valence-electron chi connectivity index (χ1n) is 10.5. The summed E-state index contributed by atoms with van der Waals surface area (Å²) in [6, 6.07) is 11.1. The first kappa shape index (κ1) is 17.7. The summed E-state index contributed by atoms with van der Waals surface area (Å²) >= 11 is 0. The van der Waals surface area contributed by atoms with Crippen LogP contribution in [0, 0.1) is 5.92 Å². The molecule has 5 nitrogen and oxygen atoms in total. The van der Waals surface area contributed by atoms with E-state index in [1.54, 1.807) is 0 Å². The molecule has 0 amide bonds. The fourth-order valence-corrected chi connectivity index (χ4v) is 5.05. The van der Waals surface area contributed by atoms with E-state index in [1.165, 1.54) is 29.7 Å². The highest BCUT2D eigenvalue weighted by atomic mass is 15.3. The highest BCUT2D eigenvalue weighted by Gasteiger charge is 2.31.